The number of carbonyl (C=O) groups is 1. The molecule has 3 heterocycles. The van der Waals surface area contributed by atoms with Gasteiger partial charge in [0.2, 0.25) is 5.91 Å². The van der Waals surface area contributed by atoms with Crippen molar-refractivity contribution >= 4 is 17.7 Å². The first-order valence-electron chi connectivity index (χ1n) is 8.07. The van der Waals surface area contributed by atoms with Gasteiger partial charge in [0, 0.05) is 25.5 Å². The maximum absolute atomic E-state index is 12.3. The van der Waals surface area contributed by atoms with Gasteiger partial charge in [0.05, 0.1) is 12.1 Å². The van der Waals surface area contributed by atoms with Gasteiger partial charge in [0.25, 0.3) is 0 Å². The maximum atomic E-state index is 12.3. The highest BCUT2D eigenvalue weighted by molar-refractivity contribution is 8.00. The van der Waals surface area contributed by atoms with Gasteiger partial charge >= 0.3 is 0 Å². The minimum atomic E-state index is 0.0520. The second-order valence-electron chi connectivity index (χ2n) is 5.81. The summed E-state index contributed by atoms with van der Waals surface area (Å²) in [5.41, 5.74) is 1.10. The van der Waals surface area contributed by atoms with Crippen molar-refractivity contribution < 1.29 is 14.3 Å². The Balaban J connectivity index is 1.46. The Morgan fingerprint density at radius 3 is 2.92 bits per heavy atom. The van der Waals surface area contributed by atoms with Gasteiger partial charge in [-0.2, -0.15) is 0 Å². The Labute approximate surface area is 144 Å². The van der Waals surface area contributed by atoms with Crippen molar-refractivity contribution in [1.82, 2.24) is 14.5 Å². The van der Waals surface area contributed by atoms with E-state index in [0.29, 0.717) is 19.0 Å². The molecule has 1 aromatic carbocycles. The van der Waals surface area contributed by atoms with Crippen LogP contribution < -0.4 is 9.47 Å². The number of benzene rings is 1. The third kappa shape index (κ3) is 3.08. The summed E-state index contributed by atoms with van der Waals surface area (Å²) in [6.45, 7) is 2.76. The normalized spacial score (nSPS) is 19.8. The largest absolute Gasteiger partial charge is 0.486 e. The number of aromatic nitrogens is 2. The smallest absolute Gasteiger partial charge is 0.233 e. The van der Waals surface area contributed by atoms with Crippen molar-refractivity contribution in [3.8, 4) is 11.5 Å². The Bertz CT molecular complexity index is 720. The molecule has 0 N–H and O–H groups in total. The number of carbonyl (C=O) groups excluding carboxylic acids is 1. The van der Waals surface area contributed by atoms with E-state index < -0.39 is 0 Å². The number of ether oxygens (including phenoxy) is 2. The topological polar surface area (TPSA) is 56.6 Å². The van der Waals surface area contributed by atoms with Gasteiger partial charge in [0.1, 0.15) is 18.6 Å². The van der Waals surface area contributed by atoms with Gasteiger partial charge in [-0.25, -0.2) is 4.98 Å². The molecule has 126 valence electrons. The summed E-state index contributed by atoms with van der Waals surface area (Å²) in [6, 6.07) is 5.98. The molecule has 1 amide bonds. The molecule has 1 saturated heterocycles. The number of hydrogen-bond donors (Lipinski definition) is 0. The fraction of sp³-hybridized carbons (Fsp3) is 0.412. The van der Waals surface area contributed by atoms with Crippen molar-refractivity contribution in [2.24, 2.45) is 0 Å². The standard InChI is InChI=1S/C17H19N3O3S/c21-16-11-24-17(20(16)6-1-5-19-7-4-18-12-19)13-2-3-14-15(10-13)23-9-8-22-14/h2-4,7,10,12,17H,1,5-6,8-9,11H2. The van der Waals surface area contributed by atoms with Crippen molar-refractivity contribution in [3.63, 3.8) is 0 Å². The van der Waals surface area contributed by atoms with E-state index in [1.54, 1.807) is 24.3 Å². The van der Waals surface area contributed by atoms with E-state index in [1.807, 2.05) is 33.9 Å². The molecule has 0 saturated carbocycles. The van der Waals surface area contributed by atoms with E-state index in [1.165, 1.54) is 0 Å². The average Bonchev–Trinajstić information content (AvgIpc) is 3.25. The lowest BCUT2D eigenvalue weighted by Gasteiger charge is -2.26. The van der Waals surface area contributed by atoms with E-state index in [9.17, 15) is 4.79 Å². The van der Waals surface area contributed by atoms with Crippen LogP contribution in [0.25, 0.3) is 0 Å². The summed E-state index contributed by atoms with van der Waals surface area (Å²) < 4.78 is 13.3. The van der Waals surface area contributed by atoms with Crippen LogP contribution in [0.2, 0.25) is 0 Å². The number of thioether (sulfide) groups is 1. The summed E-state index contributed by atoms with van der Waals surface area (Å²) in [5, 5.41) is 0.0520. The van der Waals surface area contributed by atoms with E-state index >= 15 is 0 Å². The molecular weight excluding hydrogens is 326 g/mol. The summed E-state index contributed by atoms with van der Waals surface area (Å²) in [7, 11) is 0. The Hall–Kier alpha value is -2.15. The number of amides is 1. The Morgan fingerprint density at radius 2 is 2.08 bits per heavy atom. The molecule has 1 unspecified atom stereocenters. The second-order valence-corrected chi connectivity index (χ2v) is 6.88. The van der Waals surface area contributed by atoms with Crippen molar-refractivity contribution in [2.75, 3.05) is 25.5 Å². The summed E-state index contributed by atoms with van der Waals surface area (Å²) in [5.74, 6) is 2.29. The third-order valence-corrected chi connectivity index (χ3v) is 5.45. The molecule has 0 bridgehead atoms. The van der Waals surface area contributed by atoms with Gasteiger partial charge in [-0.3, -0.25) is 4.79 Å². The molecule has 7 heteroatoms. The van der Waals surface area contributed by atoms with Gasteiger partial charge in [-0.1, -0.05) is 6.07 Å². The van der Waals surface area contributed by atoms with E-state index in [0.717, 1.165) is 36.6 Å². The quantitative estimate of drug-likeness (QED) is 0.832. The van der Waals surface area contributed by atoms with Crippen molar-refractivity contribution in [1.29, 1.82) is 0 Å². The molecule has 2 aliphatic heterocycles. The third-order valence-electron chi connectivity index (χ3n) is 4.19. The van der Waals surface area contributed by atoms with Crippen molar-refractivity contribution in [3.05, 3.63) is 42.5 Å². The molecular formula is C17H19N3O3S. The monoisotopic (exact) mass is 345 g/mol. The average molecular weight is 345 g/mol. The maximum Gasteiger partial charge on any atom is 0.233 e. The van der Waals surface area contributed by atoms with Crippen LogP contribution in [0.1, 0.15) is 17.4 Å². The first-order chi connectivity index (χ1) is 11.8. The highest BCUT2D eigenvalue weighted by atomic mass is 32.2. The second kappa shape index (κ2) is 6.76. The zero-order valence-corrected chi connectivity index (χ0v) is 14.1. The van der Waals surface area contributed by atoms with Gasteiger partial charge in [-0.05, 0) is 24.1 Å². The highest BCUT2D eigenvalue weighted by Gasteiger charge is 2.33. The van der Waals surface area contributed by atoms with Crippen LogP contribution in [0.5, 0.6) is 11.5 Å². The van der Waals surface area contributed by atoms with E-state index in [4.69, 9.17) is 9.47 Å². The lowest BCUT2D eigenvalue weighted by Crippen LogP contribution is -2.30. The van der Waals surface area contributed by atoms with Crippen LogP contribution in [0, 0.1) is 0 Å². The highest BCUT2D eigenvalue weighted by Crippen LogP contribution is 2.42. The lowest BCUT2D eigenvalue weighted by molar-refractivity contribution is -0.128. The summed E-state index contributed by atoms with van der Waals surface area (Å²) >= 11 is 1.67. The number of aryl methyl sites for hydroxylation is 1. The number of fused-ring (bicyclic) bond motifs is 1. The lowest BCUT2D eigenvalue weighted by atomic mass is 10.1. The molecule has 1 atom stereocenters. The SMILES string of the molecule is O=C1CSC(c2ccc3c(c2)OCCO3)N1CCCn1ccnc1. The molecule has 4 rings (SSSR count). The Morgan fingerprint density at radius 1 is 1.21 bits per heavy atom. The molecule has 6 nitrogen and oxygen atoms in total. The number of imidazole rings is 1. The van der Waals surface area contributed by atoms with Crippen LogP contribution in [-0.4, -0.2) is 45.9 Å². The minimum Gasteiger partial charge on any atom is -0.486 e. The van der Waals surface area contributed by atoms with Crippen LogP contribution >= 0.6 is 11.8 Å². The first kappa shape index (κ1) is 15.4. The molecule has 2 aliphatic rings. The molecule has 1 fully saturated rings. The zero-order chi connectivity index (χ0) is 16.4. The number of nitrogens with zero attached hydrogens (tertiary/aromatic N) is 3. The predicted molar refractivity (Wildman–Crippen MR) is 91.2 cm³/mol. The first-order valence-corrected chi connectivity index (χ1v) is 9.12. The molecule has 24 heavy (non-hydrogen) atoms. The molecule has 1 aromatic heterocycles. The van der Waals surface area contributed by atoms with Gasteiger partial charge in [0.15, 0.2) is 11.5 Å². The Kier molecular flexibility index (Phi) is 4.34. The van der Waals surface area contributed by atoms with Crippen LogP contribution in [0.15, 0.2) is 36.9 Å². The van der Waals surface area contributed by atoms with Crippen LogP contribution in [-0.2, 0) is 11.3 Å². The number of rotatable bonds is 5. The van der Waals surface area contributed by atoms with Crippen LogP contribution in [0.3, 0.4) is 0 Å². The summed E-state index contributed by atoms with van der Waals surface area (Å²) in [6.07, 6.45) is 6.43. The van der Waals surface area contributed by atoms with Crippen molar-refractivity contribution in [2.45, 2.75) is 18.3 Å². The minimum absolute atomic E-state index is 0.0520. The number of hydrogen-bond acceptors (Lipinski definition) is 5. The van der Waals surface area contributed by atoms with E-state index in [-0.39, 0.29) is 11.3 Å². The molecule has 2 aromatic rings. The molecule has 0 radical (unpaired) electrons. The fourth-order valence-electron chi connectivity index (χ4n) is 3.03. The van der Waals surface area contributed by atoms with E-state index in [2.05, 4.69) is 4.98 Å². The fourth-order valence-corrected chi connectivity index (χ4v) is 4.24. The molecule has 0 aliphatic carbocycles. The predicted octanol–water partition coefficient (Wildman–Crippen LogP) is 2.32. The zero-order valence-electron chi connectivity index (χ0n) is 13.3. The van der Waals surface area contributed by atoms with Crippen LogP contribution in [0.4, 0.5) is 0 Å². The van der Waals surface area contributed by atoms with Gasteiger partial charge in [-0.15, -0.1) is 11.8 Å². The van der Waals surface area contributed by atoms with Gasteiger partial charge < -0.3 is 18.9 Å². The summed E-state index contributed by atoms with van der Waals surface area (Å²) in [4.78, 5) is 18.3. The molecule has 0 spiro atoms.